The summed E-state index contributed by atoms with van der Waals surface area (Å²) in [6, 6.07) is 7.14. The molecule has 5 N–H and O–H groups in total. The SMILES string of the molecule is CCOC(=O)c1cc(C(C)=NNc2ccc(S(N)(=O)=O)cc2)nc(N)n1. The predicted molar refractivity (Wildman–Crippen MR) is 96.0 cm³/mol. The number of nitrogens with one attached hydrogen (secondary N) is 1. The van der Waals surface area contributed by atoms with Crippen LogP contribution >= 0.6 is 0 Å². The Morgan fingerprint density at radius 2 is 1.85 bits per heavy atom. The summed E-state index contributed by atoms with van der Waals surface area (Å²) in [4.78, 5) is 19.6. The minimum Gasteiger partial charge on any atom is -0.461 e. The first-order valence-corrected chi connectivity index (χ1v) is 9.00. The lowest BCUT2D eigenvalue weighted by atomic mass is 10.2. The molecule has 0 unspecified atom stereocenters. The second kappa shape index (κ2) is 7.89. The van der Waals surface area contributed by atoms with E-state index in [1.165, 1.54) is 30.3 Å². The average Bonchev–Trinajstić information content (AvgIpc) is 2.59. The number of anilines is 2. The van der Waals surface area contributed by atoms with Crippen molar-refractivity contribution in [3.8, 4) is 0 Å². The molecule has 0 atom stereocenters. The van der Waals surface area contributed by atoms with Crippen LogP contribution < -0.4 is 16.3 Å². The van der Waals surface area contributed by atoms with Crippen LogP contribution in [0.15, 0.2) is 40.3 Å². The molecule has 0 radical (unpaired) electrons. The molecule has 26 heavy (non-hydrogen) atoms. The summed E-state index contributed by atoms with van der Waals surface area (Å²) in [6.45, 7) is 3.55. The lowest BCUT2D eigenvalue weighted by molar-refractivity contribution is 0.0519. The smallest absolute Gasteiger partial charge is 0.357 e. The minimum absolute atomic E-state index is 0.00796. The summed E-state index contributed by atoms with van der Waals surface area (Å²) in [5, 5.41) is 9.17. The van der Waals surface area contributed by atoms with Crippen LogP contribution in [-0.4, -0.2) is 36.7 Å². The molecule has 0 saturated heterocycles. The zero-order valence-electron chi connectivity index (χ0n) is 14.1. The lowest BCUT2D eigenvalue weighted by Crippen LogP contribution is -2.13. The standard InChI is InChI=1S/C15H18N6O4S/c1-3-25-14(22)13-8-12(18-15(16)19-13)9(2)20-21-10-4-6-11(7-5-10)26(17,23)24/h4-8,21H,3H2,1-2H3,(H2,16,18,19)(H2,17,23,24). The Morgan fingerprint density at radius 3 is 2.42 bits per heavy atom. The van der Waals surface area contributed by atoms with Crippen molar-refractivity contribution in [2.75, 3.05) is 17.8 Å². The van der Waals surface area contributed by atoms with E-state index in [0.29, 0.717) is 17.1 Å². The molecule has 0 aliphatic heterocycles. The van der Waals surface area contributed by atoms with E-state index in [1.807, 2.05) is 0 Å². The van der Waals surface area contributed by atoms with Crippen molar-refractivity contribution in [2.24, 2.45) is 10.2 Å². The van der Waals surface area contributed by atoms with Crippen molar-refractivity contribution in [1.82, 2.24) is 9.97 Å². The summed E-state index contributed by atoms with van der Waals surface area (Å²) < 4.78 is 27.3. The molecule has 0 spiro atoms. The number of benzene rings is 1. The number of hydrogen-bond donors (Lipinski definition) is 3. The number of hydrazone groups is 1. The topological polar surface area (TPSA) is 163 Å². The molecule has 2 aromatic rings. The molecule has 11 heteroatoms. The number of aromatic nitrogens is 2. The lowest BCUT2D eigenvalue weighted by Gasteiger charge is -2.06. The quantitative estimate of drug-likeness (QED) is 0.376. The molecule has 0 amide bonds. The highest BCUT2D eigenvalue weighted by molar-refractivity contribution is 7.89. The van der Waals surface area contributed by atoms with Gasteiger partial charge in [-0.05, 0) is 44.2 Å². The van der Waals surface area contributed by atoms with Crippen molar-refractivity contribution < 1.29 is 17.9 Å². The maximum absolute atomic E-state index is 11.8. The van der Waals surface area contributed by atoms with Gasteiger partial charge in [-0.2, -0.15) is 5.10 Å². The minimum atomic E-state index is -3.75. The molecule has 1 heterocycles. The summed E-state index contributed by atoms with van der Waals surface area (Å²) in [5.41, 5.74) is 9.70. The Labute approximate surface area is 150 Å². The molecular formula is C15H18N6O4S. The number of carbonyl (C=O) groups excluding carboxylic acids is 1. The van der Waals surface area contributed by atoms with E-state index >= 15 is 0 Å². The summed E-state index contributed by atoms with van der Waals surface area (Å²) in [5.74, 6) is -0.695. The van der Waals surface area contributed by atoms with Crippen LogP contribution in [0, 0.1) is 0 Å². The number of nitrogens with zero attached hydrogens (tertiary/aromatic N) is 3. The van der Waals surface area contributed by atoms with Crippen molar-refractivity contribution in [1.29, 1.82) is 0 Å². The van der Waals surface area contributed by atoms with Crippen LogP contribution in [0.2, 0.25) is 0 Å². The fourth-order valence-electron chi connectivity index (χ4n) is 1.89. The van der Waals surface area contributed by atoms with Gasteiger partial charge in [-0.25, -0.2) is 28.3 Å². The maximum Gasteiger partial charge on any atom is 0.357 e. The zero-order valence-corrected chi connectivity index (χ0v) is 14.9. The Morgan fingerprint density at radius 1 is 1.23 bits per heavy atom. The number of ether oxygens (including phenoxy) is 1. The molecule has 0 bridgehead atoms. The second-order valence-corrected chi connectivity index (χ2v) is 6.66. The number of sulfonamides is 1. The second-order valence-electron chi connectivity index (χ2n) is 5.10. The largest absolute Gasteiger partial charge is 0.461 e. The first-order valence-electron chi connectivity index (χ1n) is 7.46. The van der Waals surface area contributed by atoms with Gasteiger partial charge in [-0.3, -0.25) is 5.43 Å². The van der Waals surface area contributed by atoms with Crippen LogP contribution in [-0.2, 0) is 14.8 Å². The summed E-state index contributed by atoms with van der Waals surface area (Å²) in [6.07, 6.45) is 0. The fourth-order valence-corrected chi connectivity index (χ4v) is 2.40. The van der Waals surface area contributed by atoms with Crippen molar-refractivity contribution in [3.63, 3.8) is 0 Å². The molecule has 0 aliphatic carbocycles. The molecule has 10 nitrogen and oxygen atoms in total. The summed E-state index contributed by atoms with van der Waals surface area (Å²) in [7, 11) is -3.75. The molecule has 0 saturated carbocycles. The Bertz CT molecular complexity index is 941. The number of hydrogen-bond acceptors (Lipinski definition) is 9. The van der Waals surface area contributed by atoms with Crippen LogP contribution in [0.3, 0.4) is 0 Å². The van der Waals surface area contributed by atoms with Gasteiger partial charge in [0.05, 0.1) is 28.6 Å². The third kappa shape index (κ3) is 4.97. The Balaban J connectivity index is 2.20. The van der Waals surface area contributed by atoms with Crippen molar-refractivity contribution in [3.05, 3.63) is 41.7 Å². The van der Waals surface area contributed by atoms with Gasteiger partial charge in [-0.1, -0.05) is 0 Å². The maximum atomic E-state index is 11.8. The first-order chi connectivity index (χ1) is 12.2. The molecule has 0 aliphatic rings. The number of rotatable bonds is 6. The van der Waals surface area contributed by atoms with E-state index < -0.39 is 16.0 Å². The zero-order chi connectivity index (χ0) is 19.3. The van der Waals surface area contributed by atoms with Gasteiger partial charge >= 0.3 is 5.97 Å². The van der Waals surface area contributed by atoms with E-state index in [0.717, 1.165) is 0 Å². The van der Waals surface area contributed by atoms with Gasteiger partial charge in [-0.15, -0.1) is 0 Å². The van der Waals surface area contributed by atoms with Gasteiger partial charge in [0.15, 0.2) is 5.69 Å². The van der Waals surface area contributed by atoms with Gasteiger partial charge in [0.25, 0.3) is 0 Å². The number of carbonyl (C=O) groups is 1. The van der Waals surface area contributed by atoms with Gasteiger partial charge in [0, 0.05) is 0 Å². The monoisotopic (exact) mass is 378 g/mol. The number of nitrogen functional groups attached to an aromatic ring is 1. The van der Waals surface area contributed by atoms with E-state index in [2.05, 4.69) is 20.5 Å². The van der Waals surface area contributed by atoms with Crippen LogP contribution in [0.25, 0.3) is 0 Å². The molecule has 1 aromatic carbocycles. The highest BCUT2D eigenvalue weighted by Gasteiger charge is 2.13. The molecule has 2 rings (SSSR count). The average molecular weight is 378 g/mol. The molecular weight excluding hydrogens is 360 g/mol. The van der Waals surface area contributed by atoms with E-state index in [4.69, 9.17) is 15.6 Å². The summed E-state index contributed by atoms with van der Waals surface area (Å²) >= 11 is 0. The normalized spacial score (nSPS) is 11.9. The molecule has 1 aromatic heterocycles. The highest BCUT2D eigenvalue weighted by Crippen LogP contribution is 2.13. The van der Waals surface area contributed by atoms with E-state index in [1.54, 1.807) is 13.8 Å². The van der Waals surface area contributed by atoms with Crippen LogP contribution in [0.5, 0.6) is 0 Å². The fraction of sp³-hybridized carbons (Fsp3) is 0.200. The third-order valence-electron chi connectivity index (χ3n) is 3.13. The van der Waals surface area contributed by atoms with Gasteiger partial charge in [0.1, 0.15) is 0 Å². The predicted octanol–water partition coefficient (Wildman–Crippen LogP) is 0.719. The molecule has 0 fully saturated rings. The van der Waals surface area contributed by atoms with Crippen LogP contribution in [0.4, 0.5) is 11.6 Å². The van der Waals surface area contributed by atoms with E-state index in [-0.39, 0.29) is 23.1 Å². The van der Waals surface area contributed by atoms with Crippen LogP contribution in [0.1, 0.15) is 30.0 Å². The van der Waals surface area contributed by atoms with Crippen molar-refractivity contribution in [2.45, 2.75) is 18.7 Å². The third-order valence-corrected chi connectivity index (χ3v) is 4.06. The highest BCUT2D eigenvalue weighted by atomic mass is 32.2. The number of nitrogens with two attached hydrogens (primary N) is 2. The van der Waals surface area contributed by atoms with E-state index in [9.17, 15) is 13.2 Å². The Hall–Kier alpha value is -3.05. The van der Waals surface area contributed by atoms with Crippen molar-refractivity contribution >= 4 is 33.3 Å². The number of esters is 1. The number of primary sulfonamides is 1. The molecule has 138 valence electrons. The first kappa shape index (κ1) is 19.3. The Kier molecular flexibility index (Phi) is 5.85. The van der Waals surface area contributed by atoms with Gasteiger partial charge < -0.3 is 10.5 Å². The van der Waals surface area contributed by atoms with Gasteiger partial charge in [0.2, 0.25) is 16.0 Å².